The summed E-state index contributed by atoms with van der Waals surface area (Å²) in [7, 11) is 0. The molecule has 3 aromatic rings. The Morgan fingerprint density at radius 3 is 2.34 bits per heavy atom. The molecule has 1 aliphatic carbocycles. The number of rotatable bonds is 5. The molecule has 5 heteroatoms. The third kappa shape index (κ3) is 4.87. The lowest BCUT2D eigenvalue weighted by atomic mass is 9.72. The minimum Gasteiger partial charge on any atom is -0.457 e. The van der Waals surface area contributed by atoms with E-state index < -0.39 is 11.9 Å². The number of nitrogens with one attached hydrogen (secondary N) is 1. The van der Waals surface area contributed by atoms with Crippen molar-refractivity contribution in [1.82, 2.24) is 5.32 Å². The maximum Gasteiger partial charge on any atom is 0.337 e. The number of carbonyl (C=O) groups is 2. The van der Waals surface area contributed by atoms with Crippen molar-refractivity contribution in [1.29, 1.82) is 0 Å². The maximum absolute atomic E-state index is 13.7. The fourth-order valence-electron chi connectivity index (χ4n) is 5.09. The summed E-state index contributed by atoms with van der Waals surface area (Å²) in [6.07, 6.45) is 1.14. The number of allylic oxidation sites excluding steroid dienone is 3. The predicted octanol–water partition coefficient (Wildman–Crippen LogP) is 6.55. The van der Waals surface area contributed by atoms with Crippen molar-refractivity contribution in [2.24, 2.45) is 0 Å². The standard InChI is InChI=1S/C30H26BrNO3/c1-19-27(30(34)35-18-20-9-4-2-5-10-20)28(22-13-8-14-24(31)15-22)29-25(32-19)16-23(17-26(29)33)21-11-6-3-7-12-21/h2-15,23,28,32H,16-18H2,1H3/t23-,28+/m0/s1. The average molecular weight is 528 g/mol. The Hall–Kier alpha value is -3.44. The Morgan fingerprint density at radius 2 is 1.63 bits per heavy atom. The average Bonchev–Trinajstić information content (AvgIpc) is 2.87. The first-order valence-electron chi connectivity index (χ1n) is 11.8. The number of dihydropyridines is 1. The van der Waals surface area contributed by atoms with E-state index in [2.05, 4.69) is 33.4 Å². The van der Waals surface area contributed by atoms with E-state index in [-0.39, 0.29) is 18.3 Å². The van der Waals surface area contributed by atoms with Crippen LogP contribution in [0.3, 0.4) is 0 Å². The Kier molecular flexibility index (Phi) is 6.69. The van der Waals surface area contributed by atoms with Crippen molar-refractivity contribution in [3.63, 3.8) is 0 Å². The van der Waals surface area contributed by atoms with Crippen molar-refractivity contribution in [2.75, 3.05) is 0 Å². The van der Waals surface area contributed by atoms with E-state index in [4.69, 9.17) is 4.74 Å². The lowest BCUT2D eigenvalue weighted by molar-refractivity contribution is -0.140. The van der Waals surface area contributed by atoms with Gasteiger partial charge in [0, 0.05) is 33.8 Å². The van der Waals surface area contributed by atoms with Crippen LogP contribution < -0.4 is 5.32 Å². The van der Waals surface area contributed by atoms with Crippen LogP contribution in [0.2, 0.25) is 0 Å². The topological polar surface area (TPSA) is 55.4 Å². The van der Waals surface area contributed by atoms with Crippen LogP contribution in [0.15, 0.2) is 112 Å². The van der Waals surface area contributed by atoms with Gasteiger partial charge in [-0.05, 0) is 48.1 Å². The molecule has 5 rings (SSSR count). The van der Waals surface area contributed by atoms with Crippen LogP contribution in [0.25, 0.3) is 0 Å². The Morgan fingerprint density at radius 1 is 0.943 bits per heavy atom. The molecule has 0 unspecified atom stereocenters. The number of carbonyl (C=O) groups excluding carboxylic acids is 2. The largest absolute Gasteiger partial charge is 0.457 e. The van der Waals surface area contributed by atoms with E-state index in [1.165, 1.54) is 0 Å². The highest BCUT2D eigenvalue weighted by Gasteiger charge is 2.41. The number of benzene rings is 3. The van der Waals surface area contributed by atoms with Gasteiger partial charge < -0.3 is 10.1 Å². The zero-order valence-corrected chi connectivity index (χ0v) is 21.0. The minimum absolute atomic E-state index is 0.0680. The van der Waals surface area contributed by atoms with Crippen molar-refractivity contribution < 1.29 is 14.3 Å². The van der Waals surface area contributed by atoms with Gasteiger partial charge in [-0.2, -0.15) is 0 Å². The molecule has 0 saturated carbocycles. The Bertz CT molecular complexity index is 1330. The number of ether oxygens (including phenoxy) is 1. The highest BCUT2D eigenvalue weighted by Crippen LogP contribution is 2.46. The first-order valence-corrected chi connectivity index (χ1v) is 12.6. The van der Waals surface area contributed by atoms with Crippen LogP contribution in [-0.4, -0.2) is 11.8 Å². The number of hydrogen-bond donors (Lipinski definition) is 1. The first-order chi connectivity index (χ1) is 17.0. The molecule has 1 aliphatic heterocycles. The van der Waals surface area contributed by atoms with E-state index in [1.807, 2.05) is 79.7 Å². The molecule has 0 fully saturated rings. The van der Waals surface area contributed by atoms with Gasteiger partial charge >= 0.3 is 5.97 Å². The highest BCUT2D eigenvalue weighted by molar-refractivity contribution is 9.10. The molecule has 0 aromatic heterocycles. The van der Waals surface area contributed by atoms with Gasteiger partial charge in [0.25, 0.3) is 0 Å². The summed E-state index contributed by atoms with van der Waals surface area (Å²) in [5.41, 5.74) is 5.76. The molecule has 0 bridgehead atoms. The first kappa shape index (κ1) is 23.3. The molecule has 4 nitrogen and oxygen atoms in total. The van der Waals surface area contributed by atoms with Gasteiger partial charge in [-0.15, -0.1) is 0 Å². The molecule has 0 spiro atoms. The highest BCUT2D eigenvalue weighted by atomic mass is 79.9. The van der Waals surface area contributed by atoms with E-state index in [1.54, 1.807) is 0 Å². The second-order valence-electron chi connectivity index (χ2n) is 9.04. The molecule has 0 radical (unpaired) electrons. The summed E-state index contributed by atoms with van der Waals surface area (Å²) in [5, 5.41) is 3.42. The van der Waals surface area contributed by atoms with Crippen molar-refractivity contribution >= 4 is 27.7 Å². The van der Waals surface area contributed by atoms with Gasteiger partial charge in [0.1, 0.15) is 6.61 Å². The summed E-state index contributed by atoms with van der Waals surface area (Å²) in [6, 6.07) is 27.6. The van der Waals surface area contributed by atoms with E-state index in [9.17, 15) is 9.59 Å². The van der Waals surface area contributed by atoms with Crippen LogP contribution in [0.5, 0.6) is 0 Å². The van der Waals surface area contributed by atoms with Crippen LogP contribution in [0.4, 0.5) is 0 Å². The van der Waals surface area contributed by atoms with E-state index >= 15 is 0 Å². The number of hydrogen-bond acceptors (Lipinski definition) is 4. The molecule has 1 N–H and O–H groups in total. The quantitative estimate of drug-likeness (QED) is 0.382. The van der Waals surface area contributed by atoms with Gasteiger partial charge in [0.15, 0.2) is 5.78 Å². The number of ketones is 1. The molecule has 3 aromatic carbocycles. The van der Waals surface area contributed by atoms with Crippen molar-refractivity contribution in [2.45, 2.75) is 38.2 Å². The van der Waals surface area contributed by atoms with E-state index in [0.717, 1.165) is 39.0 Å². The molecule has 176 valence electrons. The predicted molar refractivity (Wildman–Crippen MR) is 139 cm³/mol. The summed E-state index contributed by atoms with van der Waals surface area (Å²) in [6.45, 7) is 2.07. The molecule has 35 heavy (non-hydrogen) atoms. The van der Waals surface area contributed by atoms with Gasteiger partial charge in [0.05, 0.1) is 5.57 Å². The molecule has 0 saturated heterocycles. The van der Waals surface area contributed by atoms with Crippen molar-refractivity contribution in [3.8, 4) is 0 Å². The molecule has 2 atom stereocenters. The molecule has 0 amide bonds. The molecule has 1 heterocycles. The maximum atomic E-state index is 13.7. The second-order valence-corrected chi connectivity index (χ2v) is 9.96. The van der Waals surface area contributed by atoms with Crippen LogP contribution in [-0.2, 0) is 20.9 Å². The smallest absolute Gasteiger partial charge is 0.337 e. The van der Waals surface area contributed by atoms with Gasteiger partial charge in [-0.1, -0.05) is 88.7 Å². The van der Waals surface area contributed by atoms with Gasteiger partial charge in [-0.25, -0.2) is 4.79 Å². The number of halogens is 1. The van der Waals surface area contributed by atoms with Gasteiger partial charge in [-0.3, -0.25) is 4.79 Å². The number of esters is 1. The van der Waals surface area contributed by atoms with Crippen LogP contribution in [0.1, 0.15) is 48.3 Å². The summed E-state index contributed by atoms with van der Waals surface area (Å²) < 4.78 is 6.64. The zero-order chi connectivity index (χ0) is 24.4. The Labute approximate surface area is 213 Å². The van der Waals surface area contributed by atoms with E-state index in [0.29, 0.717) is 17.6 Å². The van der Waals surface area contributed by atoms with Crippen LogP contribution in [0, 0.1) is 0 Å². The third-order valence-electron chi connectivity index (χ3n) is 6.71. The lowest BCUT2D eigenvalue weighted by Crippen LogP contribution is -2.36. The number of Topliss-reactive ketones (excluding diaryl/α,β-unsaturated/α-hetero) is 1. The second kappa shape index (κ2) is 10.0. The summed E-state index contributed by atoms with van der Waals surface area (Å²) in [5.74, 6) is -0.708. The fourth-order valence-corrected chi connectivity index (χ4v) is 5.51. The fraction of sp³-hybridized carbons (Fsp3) is 0.200. The third-order valence-corrected chi connectivity index (χ3v) is 7.21. The molecular formula is C30H26BrNO3. The summed E-state index contributed by atoms with van der Waals surface area (Å²) >= 11 is 3.56. The molecule has 2 aliphatic rings. The van der Waals surface area contributed by atoms with Gasteiger partial charge in [0.2, 0.25) is 0 Å². The van der Waals surface area contributed by atoms with Crippen molar-refractivity contribution in [3.05, 3.63) is 129 Å². The normalized spacial score (nSPS) is 19.8. The van der Waals surface area contributed by atoms with Crippen LogP contribution >= 0.6 is 15.9 Å². The monoisotopic (exact) mass is 527 g/mol. The molecular weight excluding hydrogens is 502 g/mol. The zero-order valence-electron chi connectivity index (χ0n) is 19.5. The Balaban J connectivity index is 1.52. The SMILES string of the molecule is CC1=C(C(=O)OCc2ccccc2)[C@@H](c2cccc(Br)c2)C2=C(C[C@H](c3ccccc3)CC2=O)N1. The lowest BCUT2D eigenvalue weighted by Gasteiger charge is -2.36. The summed E-state index contributed by atoms with van der Waals surface area (Å²) in [4.78, 5) is 27.1. The minimum atomic E-state index is -0.476.